The molecule has 0 N–H and O–H groups in total. The smallest absolute Gasteiger partial charge is 0.276 e. The molecule has 1 aromatic heterocycles. The summed E-state index contributed by atoms with van der Waals surface area (Å²) in [6.07, 6.45) is 4.99. The number of nitrogens with zero attached hydrogens (tertiary/aromatic N) is 2. The molecule has 28 heavy (non-hydrogen) atoms. The highest BCUT2D eigenvalue weighted by atomic mass is 16.5. The van der Waals surface area contributed by atoms with Crippen molar-refractivity contribution in [2.75, 3.05) is 13.7 Å². The molecule has 5 rings (SSSR count). The van der Waals surface area contributed by atoms with Crippen LogP contribution in [-0.2, 0) is 12.8 Å². The number of fused-ring (bicyclic) bond motifs is 5. The Morgan fingerprint density at radius 3 is 2.86 bits per heavy atom. The summed E-state index contributed by atoms with van der Waals surface area (Å²) in [6.45, 7) is 7.81. The molecule has 2 bridgehead atoms. The van der Waals surface area contributed by atoms with E-state index >= 15 is 0 Å². The van der Waals surface area contributed by atoms with E-state index in [1.807, 2.05) is 12.1 Å². The van der Waals surface area contributed by atoms with Crippen molar-refractivity contribution in [3.05, 3.63) is 35.0 Å². The number of carbonyl (C=O) groups is 1. The summed E-state index contributed by atoms with van der Waals surface area (Å²) in [5.74, 6) is 1.65. The molecule has 3 aliphatic rings. The summed E-state index contributed by atoms with van der Waals surface area (Å²) in [5.41, 5.74) is 4.21. The predicted molar refractivity (Wildman–Crippen MR) is 106 cm³/mol. The molecule has 2 aliphatic carbocycles. The van der Waals surface area contributed by atoms with Gasteiger partial charge in [-0.3, -0.25) is 4.79 Å². The second-order valence-electron chi connectivity index (χ2n) is 10.0. The largest absolute Gasteiger partial charge is 0.497 e. The molecule has 1 amide bonds. The summed E-state index contributed by atoms with van der Waals surface area (Å²) >= 11 is 0. The van der Waals surface area contributed by atoms with Crippen molar-refractivity contribution in [3.63, 3.8) is 0 Å². The normalized spacial score (nSPS) is 27.3. The molecule has 1 saturated heterocycles. The minimum absolute atomic E-state index is 0.0494. The average molecular weight is 380 g/mol. The highest BCUT2D eigenvalue weighted by Gasteiger charge is 2.51. The maximum absolute atomic E-state index is 13.5. The number of benzene rings is 1. The maximum atomic E-state index is 13.5. The van der Waals surface area contributed by atoms with Gasteiger partial charge in [0.1, 0.15) is 5.75 Å². The van der Waals surface area contributed by atoms with Crippen molar-refractivity contribution in [3.8, 4) is 17.1 Å². The molecule has 1 aliphatic heterocycles. The van der Waals surface area contributed by atoms with Crippen LogP contribution in [0.4, 0.5) is 0 Å². The monoisotopic (exact) mass is 380 g/mol. The van der Waals surface area contributed by atoms with Crippen molar-refractivity contribution >= 4 is 5.91 Å². The molecular formula is C23H28N2O3. The highest BCUT2D eigenvalue weighted by Crippen LogP contribution is 2.53. The zero-order valence-corrected chi connectivity index (χ0v) is 17.2. The number of amides is 1. The SMILES string of the molecule is COc1ccc2c(c1)CCc1c(C(=O)N3C[C@@]4(C)C[C@H]3CC(C)(C)C4)noc1-2. The van der Waals surface area contributed by atoms with Gasteiger partial charge in [0.15, 0.2) is 11.5 Å². The van der Waals surface area contributed by atoms with Crippen LogP contribution in [0.15, 0.2) is 22.7 Å². The molecule has 2 aromatic rings. The number of methoxy groups -OCH3 is 1. The number of ether oxygens (including phenoxy) is 1. The Hall–Kier alpha value is -2.30. The third-order valence-electron chi connectivity index (χ3n) is 6.87. The van der Waals surface area contributed by atoms with Crippen LogP contribution in [0, 0.1) is 10.8 Å². The fourth-order valence-electron chi connectivity index (χ4n) is 6.14. The van der Waals surface area contributed by atoms with Crippen LogP contribution in [0.25, 0.3) is 11.3 Å². The van der Waals surface area contributed by atoms with Gasteiger partial charge in [-0.05, 0) is 66.7 Å². The number of rotatable bonds is 2. The first-order valence-corrected chi connectivity index (χ1v) is 10.3. The Morgan fingerprint density at radius 2 is 2.07 bits per heavy atom. The van der Waals surface area contributed by atoms with E-state index in [1.165, 1.54) is 12.0 Å². The number of aromatic nitrogens is 1. The fraction of sp³-hybridized carbons (Fsp3) is 0.565. The molecule has 148 valence electrons. The van der Waals surface area contributed by atoms with Crippen molar-refractivity contribution < 1.29 is 14.1 Å². The van der Waals surface area contributed by atoms with E-state index in [2.05, 4.69) is 36.9 Å². The third kappa shape index (κ3) is 2.66. The van der Waals surface area contributed by atoms with E-state index in [0.717, 1.165) is 54.9 Å². The molecule has 0 spiro atoms. The van der Waals surface area contributed by atoms with Gasteiger partial charge in [0.2, 0.25) is 0 Å². The lowest BCUT2D eigenvalue weighted by Crippen LogP contribution is -2.38. The minimum atomic E-state index is 0.0494. The quantitative estimate of drug-likeness (QED) is 0.770. The first-order valence-electron chi connectivity index (χ1n) is 10.3. The van der Waals surface area contributed by atoms with E-state index in [1.54, 1.807) is 7.11 Å². The topological polar surface area (TPSA) is 55.6 Å². The molecule has 0 radical (unpaired) electrons. The van der Waals surface area contributed by atoms with E-state index < -0.39 is 0 Å². The highest BCUT2D eigenvalue weighted by molar-refractivity contribution is 5.96. The van der Waals surface area contributed by atoms with Crippen LogP contribution in [0.2, 0.25) is 0 Å². The molecule has 1 saturated carbocycles. The molecule has 5 nitrogen and oxygen atoms in total. The van der Waals surface area contributed by atoms with Crippen LogP contribution in [-0.4, -0.2) is 35.7 Å². The molecular weight excluding hydrogens is 352 g/mol. The van der Waals surface area contributed by atoms with Crippen LogP contribution in [0.1, 0.15) is 61.6 Å². The van der Waals surface area contributed by atoms with E-state index in [9.17, 15) is 4.79 Å². The molecule has 2 atom stereocenters. The van der Waals surface area contributed by atoms with Crippen LogP contribution in [0.5, 0.6) is 5.75 Å². The van der Waals surface area contributed by atoms with Gasteiger partial charge in [-0.25, -0.2) is 0 Å². The summed E-state index contributed by atoms with van der Waals surface area (Å²) in [6, 6.07) is 6.31. The summed E-state index contributed by atoms with van der Waals surface area (Å²) < 4.78 is 11.0. The molecule has 2 heterocycles. The van der Waals surface area contributed by atoms with Gasteiger partial charge in [0, 0.05) is 23.7 Å². The minimum Gasteiger partial charge on any atom is -0.497 e. The third-order valence-corrected chi connectivity index (χ3v) is 6.87. The Labute approximate surface area is 166 Å². The van der Waals surface area contributed by atoms with E-state index in [-0.39, 0.29) is 16.7 Å². The second kappa shape index (κ2) is 5.85. The van der Waals surface area contributed by atoms with Gasteiger partial charge >= 0.3 is 0 Å². The van der Waals surface area contributed by atoms with Crippen molar-refractivity contribution in [2.24, 2.45) is 10.8 Å². The molecule has 0 unspecified atom stereocenters. The van der Waals surface area contributed by atoms with Crippen molar-refractivity contribution in [1.29, 1.82) is 0 Å². The van der Waals surface area contributed by atoms with Crippen LogP contribution in [0.3, 0.4) is 0 Å². The van der Waals surface area contributed by atoms with Crippen LogP contribution < -0.4 is 4.74 Å². The van der Waals surface area contributed by atoms with Gasteiger partial charge in [0.25, 0.3) is 5.91 Å². The van der Waals surface area contributed by atoms with Crippen molar-refractivity contribution in [2.45, 2.75) is 58.9 Å². The average Bonchev–Trinajstić information content (AvgIpc) is 3.18. The Bertz CT molecular complexity index is 961. The molecule has 5 heteroatoms. The Kier molecular flexibility index (Phi) is 3.71. The summed E-state index contributed by atoms with van der Waals surface area (Å²) in [4.78, 5) is 15.6. The first kappa shape index (κ1) is 17.8. The first-order chi connectivity index (χ1) is 13.3. The Morgan fingerprint density at radius 1 is 1.25 bits per heavy atom. The lowest BCUT2D eigenvalue weighted by molar-refractivity contribution is 0.0697. The zero-order valence-electron chi connectivity index (χ0n) is 17.2. The standard InChI is InChI=1S/C23H28N2O3/c1-22(2)10-15-11-23(3,12-22)13-25(15)21(26)19-18-7-5-14-9-16(27-4)6-8-17(14)20(18)28-24-19/h6,8-9,15H,5,7,10-13H2,1-4H3/t15-,23+/m1/s1. The number of aryl methyl sites for hydroxylation is 1. The van der Waals surface area contributed by atoms with E-state index in [0.29, 0.717) is 11.7 Å². The van der Waals surface area contributed by atoms with E-state index in [4.69, 9.17) is 9.26 Å². The number of hydrogen-bond donors (Lipinski definition) is 0. The van der Waals surface area contributed by atoms with Gasteiger partial charge < -0.3 is 14.2 Å². The maximum Gasteiger partial charge on any atom is 0.276 e. The zero-order chi connectivity index (χ0) is 19.7. The molecule has 2 fully saturated rings. The van der Waals surface area contributed by atoms with Gasteiger partial charge in [-0.2, -0.15) is 0 Å². The lowest BCUT2D eigenvalue weighted by Gasteiger charge is -2.39. The molecule has 1 aromatic carbocycles. The van der Waals surface area contributed by atoms with Crippen LogP contribution >= 0.6 is 0 Å². The van der Waals surface area contributed by atoms with Gasteiger partial charge in [0.05, 0.1) is 7.11 Å². The Balaban J connectivity index is 1.48. The second-order valence-corrected chi connectivity index (χ2v) is 10.0. The number of hydrogen-bond acceptors (Lipinski definition) is 4. The van der Waals surface area contributed by atoms with Gasteiger partial charge in [-0.15, -0.1) is 0 Å². The number of carbonyl (C=O) groups excluding carboxylic acids is 1. The van der Waals surface area contributed by atoms with Crippen molar-refractivity contribution in [1.82, 2.24) is 10.1 Å². The predicted octanol–water partition coefficient (Wildman–Crippen LogP) is 4.49. The summed E-state index contributed by atoms with van der Waals surface area (Å²) in [5, 5.41) is 4.26. The summed E-state index contributed by atoms with van der Waals surface area (Å²) in [7, 11) is 1.68. The fourth-order valence-corrected chi connectivity index (χ4v) is 6.14. The number of likely N-dealkylation sites (tertiary alicyclic amines) is 1. The lowest BCUT2D eigenvalue weighted by atomic mass is 9.65. The van der Waals surface area contributed by atoms with Gasteiger partial charge in [-0.1, -0.05) is 25.9 Å².